The standard InChI is InChI=1S/C9H5BrClF/c10-5-1-2-7-3-4-8(12)6-9(7)11/h3-4,6H,5H2. The Morgan fingerprint density at radius 2 is 2.25 bits per heavy atom. The lowest BCUT2D eigenvalue weighted by Crippen LogP contribution is -1.79. The molecule has 3 heteroatoms. The maximum Gasteiger partial charge on any atom is 0.124 e. The van der Waals surface area contributed by atoms with Crippen LogP contribution in [0.3, 0.4) is 0 Å². The molecule has 0 aliphatic carbocycles. The molecule has 62 valence electrons. The highest BCUT2D eigenvalue weighted by molar-refractivity contribution is 9.09. The first-order valence-corrected chi connectivity index (χ1v) is 4.74. The summed E-state index contributed by atoms with van der Waals surface area (Å²) in [6.45, 7) is 0. The molecule has 1 aromatic carbocycles. The maximum atomic E-state index is 12.5. The van der Waals surface area contributed by atoms with Crippen LogP contribution in [0.4, 0.5) is 4.39 Å². The van der Waals surface area contributed by atoms with Gasteiger partial charge in [-0.05, 0) is 18.2 Å². The molecule has 0 unspecified atom stereocenters. The van der Waals surface area contributed by atoms with Gasteiger partial charge in [-0.25, -0.2) is 4.39 Å². The van der Waals surface area contributed by atoms with Crippen molar-refractivity contribution in [1.29, 1.82) is 0 Å². The average molecular weight is 247 g/mol. The minimum Gasteiger partial charge on any atom is -0.207 e. The summed E-state index contributed by atoms with van der Waals surface area (Å²) in [7, 11) is 0. The van der Waals surface area contributed by atoms with Gasteiger partial charge in [0.05, 0.1) is 10.4 Å². The fraction of sp³-hybridized carbons (Fsp3) is 0.111. The van der Waals surface area contributed by atoms with Crippen LogP contribution >= 0.6 is 27.5 Å². The SMILES string of the molecule is Fc1ccc(C#CCBr)c(Cl)c1. The van der Waals surface area contributed by atoms with E-state index in [0.29, 0.717) is 15.9 Å². The monoisotopic (exact) mass is 246 g/mol. The first-order valence-electron chi connectivity index (χ1n) is 3.24. The molecule has 0 nitrogen and oxygen atoms in total. The van der Waals surface area contributed by atoms with E-state index in [1.54, 1.807) is 6.07 Å². The van der Waals surface area contributed by atoms with E-state index in [2.05, 4.69) is 27.8 Å². The van der Waals surface area contributed by atoms with Gasteiger partial charge in [0.2, 0.25) is 0 Å². The molecular weight excluding hydrogens is 242 g/mol. The van der Waals surface area contributed by atoms with Crippen LogP contribution in [0.2, 0.25) is 5.02 Å². The zero-order chi connectivity index (χ0) is 8.97. The van der Waals surface area contributed by atoms with E-state index in [-0.39, 0.29) is 5.82 Å². The van der Waals surface area contributed by atoms with Gasteiger partial charge in [-0.2, -0.15) is 0 Å². The number of halogens is 3. The number of alkyl halides is 1. The lowest BCUT2D eigenvalue weighted by Gasteiger charge is -1.94. The highest BCUT2D eigenvalue weighted by Gasteiger charge is 1.97. The van der Waals surface area contributed by atoms with Gasteiger partial charge in [-0.3, -0.25) is 0 Å². The summed E-state index contributed by atoms with van der Waals surface area (Å²) in [4.78, 5) is 0. The van der Waals surface area contributed by atoms with Crippen molar-refractivity contribution in [2.75, 3.05) is 5.33 Å². The second-order valence-corrected chi connectivity index (χ2v) is 3.03. The minimum atomic E-state index is -0.343. The molecule has 0 aromatic heterocycles. The predicted octanol–water partition coefficient (Wildman–Crippen LogP) is 3.23. The second kappa shape index (κ2) is 4.49. The Morgan fingerprint density at radius 3 is 2.83 bits per heavy atom. The molecule has 12 heavy (non-hydrogen) atoms. The molecule has 0 atom stereocenters. The molecule has 0 amide bonds. The Kier molecular flexibility index (Phi) is 3.58. The van der Waals surface area contributed by atoms with Crippen molar-refractivity contribution in [2.24, 2.45) is 0 Å². The minimum absolute atomic E-state index is 0.343. The van der Waals surface area contributed by atoms with Crippen LogP contribution in [-0.4, -0.2) is 5.33 Å². The number of rotatable bonds is 0. The molecule has 0 saturated carbocycles. The Hall–Kier alpha value is -0.520. The van der Waals surface area contributed by atoms with Gasteiger partial charge >= 0.3 is 0 Å². The number of hydrogen-bond donors (Lipinski definition) is 0. The van der Waals surface area contributed by atoms with E-state index in [1.807, 2.05) is 0 Å². The maximum absolute atomic E-state index is 12.5. The topological polar surface area (TPSA) is 0 Å². The van der Waals surface area contributed by atoms with E-state index in [4.69, 9.17) is 11.6 Å². The number of benzene rings is 1. The van der Waals surface area contributed by atoms with Crippen LogP contribution in [-0.2, 0) is 0 Å². The van der Waals surface area contributed by atoms with Gasteiger partial charge in [-0.15, -0.1) is 0 Å². The van der Waals surface area contributed by atoms with E-state index in [0.717, 1.165) is 0 Å². The second-order valence-electron chi connectivity index (χ2n) is 2.06. The Bertz CT molecular complexity index is 338. The average Bonchev–Trinajstić information content (AvgIpc) is 2.03. The van der Waals surface area contributed by atoms with Crippen LogP contribution in [0, 0.1) is 17.7 Å². The summed E-state index contributed by atoms with van der Waals surface area (Å²) in [5, 5.41) is 0.934. The lowest BCUT2D eigenvalue weighted by molar-refractivity contribution is 0.628. The van der Waals surface area contributed by atoms with E-state index >= 15 is 0 Å². The molecule has 0 aliphatic heterocycles. The quantitative estimate of drug-likeness (QED) is 0.488. The van der Waals surface area contributed by atoms with Crippen LogP contribution in [0.1, 0.15) is 5.56 Å². The third-order valence-electron chi connectivity index (χ3n) is 1.22. The van der Waals surface area contributed by atoms with Gasteiger partial charge in [0, 0.05) is 5.56 Å². The van der Waals surface area contributed by atoms with Gasteiger partial charge in [0.15, 0.2) is 0 Å². The fourth-order valence-corrected chi connectivity index (χ4v) is 1.07. The molecule has 0 heterocycles. The Morgan fingerprint density at radius 1 is 1.50 bits per heavy atom. The molecule has 0 N–H and O–H groups in total. The highest BCUT2D eigenvalue weighted by Crippen LogP contribution is 2.15. The molecule has 0 spiro atoms. The van der Waals surface area contributed by atoms with Crippen molar-refractivity contribution in [3.8, 4) is 11.8 Å². The highest BCUT2D eigenvalue weighted by atomic mass is 79.9. The van der Waals surface area contributed by atoms with Crippen molar-refractivity contribution >= 4 is 27.5 Å². The van der Waals surface area contributed by atoms with E-state index in [1.165, 1.54) is 12.1 Å². The molecule has 1 rings (SSSR count). The van der Waals surface area contributed by atoms with Crippen molar-refractivity contribution in [1.82, 2.24) is 0 Å². The lowest BCUT2D eigenvalue weighted by atomic mass is 10.2. The molecule has 0 saturated heterocycles. The van der Waals surface area contributed by atoms with Gasteiger partial charge < -0.3 is 0 Å². The van der Waals surface area contributed by atoms with E-state index in [9.17, 15) is 4.39 Å². The van der Waals surface area contributed by atoms with Crippen molar-refractivity contribution in [3.05, 3.63) is 34.6 Å². The zero-order valence-corrected chi connectivity index (χ0v) is 8.41. The summed E-state index contributed by atoms with van der Waals surface area (Å²) in [5.41, 5.74) is 0.650. The van der Waals surface area contributed by atoms with Crippen LogP contribution in [0.15, 0.2) is 18.2 Å². The summed E-state index contributed by atoms with van der Waals surface area (Å²) < 4.78 is 12.5. The molecule has 0 radical (unpaired) electrons. The fourth-order valence-electron chi connectivity index (χ4n) is 0.719. The van der Waals surface area contributed by atoms with Gasteiger partial charge in [0.25, 0.3) is 0 Å². The smallest absolute Gasteiger partial charge is 0.124 e. The summed E-state index contributed by atoms with van der Waals surface area (Å²) in [6, 6.07) is 4.15. The van der Waals surface area contributed by atoms with Crippen LogP contribution in [0.5, 0.6) is 0 Å². The van der Waals surface area contributed by atoms with Gasteiger partial charge in [-0.1, -0.05) is 39.4 Å². The first-order chi connectivity index (χ1) is 5.74. The third kappa shape index (κ3) is 2.51. The largest absolute Gasteiger partial charge is 0.207 e. The van der Waals surface area contributed by atoms with Crippen molar-refractivity contribution < 1.29 is 4.39 Å². The van der Waals surface area contributed by atoms with Crippen molar-refractivity contribution in [2.45, 2.75) is 0 Å². The Labute approximate surface area is 83.9 Å². The molecule has 0 bridgehead atoms. The Balaban J connectivity index is 3.01. The van der Waals surface area contributed by atoms with E-state index < -0.39 is 0 Å². The molecular formula is C9H5BrClF. The predicted molar refractivity (Wildman–Crippen MR) is 52.1 cm³/mol. The normalized spacial score (nSPS) is 8.92. The van der Waals surface area contributed by atoms with Gasteiger partial charge in [0.1, 0.15) is 5.82 Å². The molecule has 0 aliphatic rings. The van der Waals surface area contributed by atoms with Crippen LogP contribution in [0.25, 0.3) is 0 Å². The van der Waals surface area contributed by atoms with Crippen molar-refractivity contribution in [3.63, 3.8) is 0 Å². The number of hydrogen-bond acceptors (Lipinski definition) is 0. The third-order valence-corrected chi connectivity index (χ3v) is 1.81. The molecule has 0 fully saturated rings. The first kappa shape index (κ1) is 9.57. The zero-order valence-electron chi connectivity index (χ0n) is 6.07. The molecule has 1 aromatic rings. The van der Waals surface area contributed by atoms with Crippen LogP contribution < -0.4 is 0 Å². The summed E-state index contributed by atoms with van der Waals surface area (Å²) in [6.07, 6.45) is 0. The summed E-state index contributed by atoms with van der Waals surface area (Å²) in [5.74, 6) is 5.24. The summed E-state index contributed by atoms with van der Waals surface area (Å²) >= 11 is 8.86.